The fraction of sp³-hybridized carbons (Fsp3) is 0.294. The topological polar surface area (TPSA) is 44.5 Å². The molecule has 0 spiro atoms. The van der Waals surface area contributed by atoms with E-state index in [1.54, 1.807) is 7.11 Å². The molecule has 0 radical (unpaired) electrons. The maximum absolute atomic E-state index is 5.99. The van der Waals surface area contributed by atoms with Gasteiger partial charge in [-0.1, -0.05) is 31.2 Å². The van der Waals surface area contributed by atoms with E-state index in [1.807, 2.05) is 42.5 Å². The monoisotopic (exact) mass is 271 g/mol. The van der Waals surface area contributed by atoms with Crippen LogP contribution in [0.15, 0.2) is 48.5 Å². The average molecular weight is 271 g/mol. The Morgan fingerprint density at radius 2 is 1.80 bits per heavy atom. The van der Waals surface area contributed by atoms with Gasteiger partial charge in [0.1, 0.15) is 5.75 Å². The lowest BCUT2D eigenvalue weighted by Gasteiger charge is -2.12. The molecular weight excluding hydrogens is 250 g/mol. The summed E-state index contributed by atoms with van der Waals surface area (Å²) in [5.74, 6) is 2.24. The Kier molecular flexibility index (Phi) is 5.02. The molecule has 0 saturated heterocycles. The second-order valence-electron chi connectivity index (χ2n) is 4.77. The molecule has 106 valence electrons. The first kappa shape index (κ1) is 14.4. The SMILES string of the molecule is CCC(N)Cc1cccc(Oc2ccccc2OC)c1. The Hall–Kier alpha value is -2.00. The second-order valence-corrected chi connectivity index (χ2v) is 4.77. The predicted octanol–water partition coefficient (Wildman–Crippen LogP) is 3.77. The highest BCUT2D eigenvalue weighted by molar-refractivity contribution is 5.43. The Balaban J connectivity index is 2.15. The molecule has 1 atom stereocenters. The minimum absolute atomic E-state index is 0.191. The van der Waals surface area contributed by atoms with Crippen molar-refractivity contribution < 1.29 is 9.47 Å². The van der Waals surface area contributed by atoms with Crippen LogP contribution in [-0.2, 0) is 6.42 Å². The van der Waals surface area contributed by atoms with E-state index in [0.29, 0.717) is 5.75 Å². The van der Waals surface area contributed by atoms with Crippen molar-refractivity contribution in [1.29, 1.82) is 0 Å². The van der Waals surface area contributed by atoms with Crippen LogP contribution in [-0.4, -0.2) is 13.2 Å². The first-order valence-electron chi connectivity index (χ1n) is 6.88. The summed E-state index contributed by atoms with van der Waals surface area (Å²) in [7, 11) is 1.64. The highest BCUT2D eigenvalue weighted by atomic mass is 16.5. The maximum atomic E-state index is 5.99. The zero-order chi connectivity index (χ0) is 14.4. The van der Waals surface area contributed by atoms with Gasteiger partial charge < -0.3 is 15.2 Å². The highest BCUT2D eigenvalue weighted by Gasteiger charge is 2.06. The van der Waals surface area contributed by atoms with Crippen LogP contribution < -0.4 is 15.2 Å². The van der Waals surface area contributed by atoms with Crippen LogP contribution in [0.25, 0.3) is 0 Å². The van der Waals surface area contributed by atoms with Crippen LogP contribution >= 0.6 is 0 Å². The van der Waals surface area contributed by atoms with E-state index in [4.69, 9.17) is 15.2 Å². The number of rotatable bonds is 6. The molecule has 2 aromatic carbocycles. The summed E-state index contributed by atoms with van der Waals surface area (Å²) in [4.78, 5) is 0. The van der Waals surface area contributed by atoms with Gasteiger partial charge in [-0.3, -0.25) is 0 Å². The van der Waals surface area contributed by atoms with E-state index in [0.717, 1.165) is 24.3 Å². The first-order chi connectivity index (χ1) is 9.72. The zero-order valence-corrected chi connectivity index (χ0v) is 12.0. The molecule has 3 nitrogen and oxygen atoms in total. The average Bonchev–Trinajstić information content (AvgIpc) is 2.48. The van der Waals surface area contributed by atoms with Gasteiger partial charge in [-0.15, -0.1) is 0 Å². The number of nitrogens with two attached hydrogens (primary N) is 1. The molecule has 0 bridgehead atoms. The second kappa shape index (κ2) is 6.96. The molecular formula is C17H21NO2. The molecule has 20 heavy (non-hydrogen) atoms. The minimum atomic E-state index is 0.191. The van der Waals surface area contributed by atoms with E-state index in [9.17, 15) is 0 Å². The Bertz CT molecular complexity index is 554. The van der Waals surface area contributed by atoms with Crippen molar-refractivity contribution in [3.05, 3.63) is 54.1 Å². The molecule has 2 N–H and O–H groups in total. The van der Waals surface area contributed by atoms with Crippen molar-refractivity contribution in [1.82, 2.24) is 0 Å². The van der Waals surface area contributed by atoms with Crippen LogP contribution in [0.5, 0.6) is 17.2 Å². The molecule has 2 rings (SSSR count). The number of ether oxygens (including phenoxy) is 2. The normalized spacial score (nSPS) is 11.9. The third-order valence-electron chi connectivity index (χ3n) is 3.22. The minimum Gasteiger partial charge on any atom is -0.493 e. The van der Waals surface area contributed by atoms with Gasteiger partial charge >= 0.3 is 0 Å². The summed E-state index contributed by atoms with van der Waals surface area (Å²) >= 11 is 0. The lowest BCUT2D eigenvalue weighted by atomic mass is 10.0. The summed E-state index contributed by atoms with van der Waals surface area (Å²) in [5, 5.41) is 0. The van der Waals surface area contributed by atoms with Crippen molar-refractivity contribution in [2.24, 2.45) is 5.73 Å². The van der Waals surface area contributed by atoms with Crippen molar-refractivity contribution in [3.8, 4) is 17.2 Å². The molecule has 0 amide bonds. The highest BCUT2D eigenvalue weighted by Crippen LogP contribution is 2.31. The first-order valence-corrected chi connectivity index (χ1v) is 6.88. The molecule has 0 aliphatic carbocycles. The van der Waals surface area contributed by atoms with Gasteiger partial charge in [-0.25, -0.2) is 0 Å². The quantitative estimate of drug-likeness (QED) is 0.869. The molecule has 0 aliphatic rings. The van der Waals surface area contributed by atoms with Gasteiger partial charge in [0.25, 0.3) is 0 Å². The predicted molar refractivity (Wildman–Crippen MR) is 81.5 cm³/mol. The standard InChI is InChI=1S/C17H21NO2/c1-3-14(18)11-13-7-6-8-15(12-13)20-17-10-5-4-9-16(17)19-2/h4-10,12,14H,3,11,18H2,1-2H3. The molecule has 0 heterocycles. The van der Waals surface area contributed by atoms with E-state index < -0.39 is 0 Å². The van der Waals surface area contributed by atoms with Gasteiger partial charge in [0.05, 0.1) is 7.11 Å². The number of hydrogen-bond acceptors (Lipinski definition) is 3. The Morgan fingerprint density at radius 3 is 2.50 bits per heavy atom. The molecule has 2 aromatic rings. The number of benzene rings is 2. The van der Waals surface area contributed by atoms with Crippen molar-refractivity contribution >= 4 is 0 Å². The fourth-order valence-corrected chi connectivity index (χ4v) is 2.01. The van der Waals surface area contributed by atoms with Crippen LogP contribution in [0, 0.1) is 0 Å². The van der Waals surface area contributed by atoms with Crippen molar-refractivity contribution in [2.45, 2.75) is 25.8 Å². The smallest absolute Gasteiger partial charge is 0.169 e. The van der Waals surface area contributed by atoms with Gasteiger partial charge in [0.2, 0.25) is 0 Å². The third kappa shape index (κ3) is 3.75. The molecule has 0 fully saturated rings. The van der Waals surface area contributed by atoms with Gasteiger partial charge in [-0.2, -0.15) is 0 Å². The van der Waals surface area contributed by atoms with Crippen LogP contribution in [0.1, 0.15) is 18.9 Å². The Labute approximate surface area is 120 Å². The summed E-state index contributed by atoms with van der Waals surface area (Å²) in [6.45, 7) is 2.10. The lowest BCUT2D eigenvalue weighted by molar-refractivity contribution is 0.378. The molecule has 0 saturated carbocycles. The summed E-state index contributed by atoms with van der Waals surface area (Å²) < 4.78 is 11.2. The van der Waals surface area contributed by atoms with Gasteiger partial charge in [-0.05, 0) is 42.7 Å². The number of para-hydroxylation sites is 2. The van der Waals surface area contributed by atoms with E-state index >= 15 is 0 Å². The van der Waals surface area contributed by atoms with Gasteiger partial charge in [0.15, 0.2) is 11.5 Å². The number of hydrogen-bond donors (Lipinski definition) is 1. The van der Waals surface area contributed by atoms with Crippen molar-refractivity contribution in [2.75, 3.05) is 7.11 Å². The molecule has 3 heteroatoms. The maximum Gasteiger partial charge on any atom is 0.169 e. The van der Waals surface area contributed by atoms with Crippen molar-refractivity contribution in [3.63, 3.8) is 0 Å². The summed E-state index contributed by atoms with van der Waals surface area (Å²) in [6, 6.07) is 15.8. The lowest BCUT2D eigenvalue weighted by Crippen LogP contribution is -2.21. The zero-order valence-electron chi connectivity index (χ0n) is 12.0. The van der Waals surface area contributed by atoms with E-state index in [2.05, 4.69) is 13.0 Å². The summed E-state index contributed by atoms with van der Waals surface area (Å²) in [6.07, 6.45) is 1.83. The van der Waals surface area contributed by atoms with Gasteiger partial charge in [0, 0.05) is 6.04 Å². The molecule has 1 unspecified atom stereocenters. The van der Waals surface area contributed by atoms with Crippen LogP contribution in [0.2, 0.25) is 0 Å². The van der Waals surface area contributed by atoms with Crippen LogP contribution in [0.4, 0.5) is 0 Å². The van der Waals surface area contributed by atoms with Crippen LogP contribution in [0.3, 0.4) is 0 Å². The van der Waals surface area contributed by atoms with E-state index in [-0.39, 0.29) is 6.04 Å². The Morgan fingerprint density at radius 1 is 1.05 bits per heavy atom. The summed E-state index contributed by atoms with van der Waals surface area (Å²) in [5.41, 5.74) is 7.18. The largest absolute Gasteiger partial charge is 0.493 e. The fourth-order valence-electron chi connectivity index (χ4n) is 2.01. The number of methoxy groups -OCH3 is 1. The van der Waals surface area contributed by atoms with E-state index in [1.165, 1.54) is 5.56 Å². The third-order valence-corrected chi connectivity index (χ3v) is 3.22. The molecule has 0 aromatic heterocycles. The molecule has 0 aliphatic heterocycles.